The second-order valence-electron chi connectivity index (χ2n) is 6.11. The van der Waals surface area contributed by atoms with Crippen molar-refractivity contribution in [2.45, 2.75) is 50.9 Å². The van der Waals surface area contributed by atoms with Gasteiger partial charge in [0.1, 0.15) is 0 Å². The van der Waals surface area contributed by atoms with Crippen molar-refractivity contribution in [2.24, 2.45) is 0 Å². The lowest BCUT2D eigenvalue weighted by Crippen LogP contribution is -2.54. The fourth-order valence-corrected chi connectivity index (χ4v) is 4.49. The molecule has 112 valence electrons. The third-order valence-electron chi connectivity index (χ3n) is 4.23. The molecule has 2 heterocycles. The molecule has 0 aromatic carbocycles. The zero-order valence-corrected chi connectivity index (χ0v) is 13.1. The Morgan fingerprint density at radius 3 is 2.63 bits per heavy atom. The summed E-state index contributed by atoms with van der Waals surface area (Å²) in [6.07, 6.45) is 2.35. The van der Waals surface area contributed by atoms with Crippen molar-refractivity contribution >= 4 is 10.0 Å². The lowest BCUT2D eigenvalue weighted by atomic mass is 10.2. The molecule has 2 saturated heterocycles. The summed E-state index contributed by atoms with van der Waals surface area (Å²) < 4.78 is 26.8. The molecular formula is C13H27N3O2S. The summed E-state index contributed by atoms with van der Waals surface area (Å²) in [5.41, 5.74) is 0. The van der Waals surface area contributed by atoms with Crippen LogP contribution < -0.4 is 5.32 Å². The molecule has 19 heavy (non-hydrogen) atoms. The molecule has 0 bridgehead atoms. The van der Waals surface area contributed by atoms with Crippen molar-refractivity contribution in [2.75, 3.05) is 32.7 Å². The SMILES string of the molecule is CC(C)NCC(C)S(=O)(=O)N1CCN2CCCC2C1. The minimum atomic E-state index is -3.15. The highest BCUT2D eigenvalue weighted by atomic mass is 32.2. The molecule has 0 aromatic heterocycles. The zero-order valence-electron chi connectivity index (χ0n) is 12.3. The molecular weight excluding hydrogens is 262 g/mol. The molecule has 2 fully saturated rings. The molecule has 1 N–H and O–H groups in total. The Morgan fingerprint density at radius 2 is 1.95 bits per heavy atom. The summed E-state index contributed by atoms with van der Waals surface area (Å²) in [6, 6.07) is 0.776. The Hall–Kier alpha value is -0.170. The third kappa shape index (κ3) is 3.48. The van der Waals surface area contributed by atoms with Gasteiger partial charge in [-0.2, -0.15) is 4.31 Å². The van der Waals surface area contributed by atoms with E-state index >= 15 is 0 Å². The Morgan fingerprint density at radius 1 is 1.21 bits per heavy atom. The minimum absolute atomic E-state index is 0.323. The highest BCUT2D eigenvalue weighted by Gasteiger charge is 2.37. The fourth-order valence-electron chi connectivity index (χ4n) is 2.96. The molecule has 0 amide bonds. The lowest BCUT2D eigenvalue weighted by Gasteiger charge is -2.37. The normalized spacial score (nSPS) is 27.7. The lowest BCUT2D eigenvalue weighted by molar-refractivity contribution is 0.157. The van der Waals surface area contributed by atoms with E-state index in [2.05, 4.69) is 10.2 Å². The van der Waals surface area contributed by atoms with Crippen molar-refractivity contribution in [3.63, 3.8) is 0 Å². The molecule has 0 radical (unpaired) electrons. The molecule has 2 aliphatic heterocycles. The quantitative estimate of drug-likeness (QED) is 0.800. The molecule has 2 rings (SSSR count). The number of rotatable bonds is 5. The summed E-state index contributed by atoms with van der Waals surface area (Å²) in [6.45, 7) is 9.81. The smallest absolute Gasteiger partial charge is 0.218 e. The first-order valence-corrected chi connectivity index (χ1v) is 8.88. The van der Waals surface area contributed by atoms with Crippen LogP contribution in [0.4, 0.5) is 0 Å². The maximum Gasteiger partial charge on any atom is 0.218 e. The maximum absolute atomic E-state index is 12.6. The van der Waals surface area contributed by atoms with E-state index in [-0.39, 0.29) is 5.25 Å². The minimum Gasteiger partial charge on any atom is -0.313 e. The van der Waals surface area contributed by atoms with Crippen molar-refractivity contribution in [1.29, 1.82) is 0 Å². The zero-order chi connectivity index (χ0) is 14.0. The molecule has 0 aromatic rings. The van der Waals surface area contributed by atoms with Gasteiger partial charge >= 0.3 is 0 Å². The van der Waals surface area contributed by atoms with Gasteiger partial charge in [-0.3, -0.25) is 4.90 Å². The van der Waals surface area contributed by atoms with Crippen LogP contribution in [0.5, 0.6) is 0 Å². The van der Waals surface area contributed by atoms with Gasteiger partial charge in [0.05, 0.1) is 5.25 Å². The summed E-state index contributed by atoms with van der Waals surface area (Å²) in [7, 11) is -3.15. The number of sulfonamides is 1. The maximum atomic E-state index is 12.6. The van der Waals surface area contributed by atoms with Crippen LogP contribution in [-0.4, -0.2) is 67.7 Å². The van der Waals surface area contributed by atoms with Crippen molar-refractivity contribution in [3.05, 3.63) is 0 Å². The van der Waals surface area contributed by atoms with Crippen LogP contribution in [-0.2, 0) is 10.0 Å². The summed E-state index contributed by atoms with van der Waals surface area (Å²) >= 11 is 0. The molecule has 5 nitrogen and oxygen atoms in total. The average Bonchev–Trinajstić information content (AvgIpc) is 2.82. The predicted octanol–water partition coefficient (Wildman–Crippen LogP) is 0.483. The largest absolute Gasteiger partial charge is 0.313 e. The van der Waals surface area contributed by atoms with Crippen LogP contribution in [0.15, 0.2) is 0 Å². The highest BCUT2D eigenvalue weighted by molar-refractivity contribution is 7.89. The van der Waals surface area contributed by atoms with Crippen LogP contribution in [0.1, 0.15) is 33.6 Å². The Kier molecular flexibility index (Phi) is 4.87. The number of nitrogens with zero attached hydrogens (tertiary/aromatic N) is 2. The molecule has 0 saturated carbocycles. The van der Waals surface area contributed by atoms with Gasteiger partial charge in [-0.25, -0.2) is 8.42 Å². The van der Waals surface area contributed by atoms with Gasteiger partial charge in [0.25, 0.3) is 0 Å². The third-order valence-corrected chi connectivity index (χ3v) is 6.47. The molecule has 2 unspecified atom stereocenters. The second kappa shape index (κ2) is 6.08. The Balaban J connectivity index is 1.95. The molecule has 0 aliphatic carbocycles. The van der Waals surface area contributed by atoms with Gasteiger partial charge in [0.15, 0.2) is 0 Å². The number of hydrogen-bond acceptors (Lipinski definition) is 4. The number of fused-ring (bicyclic) bond motifs is 1. The molecule has 6 heteroatoms. The van der Waals surface area contributed by atoms with Gasteiger partial charge in [-0.1, -0.05) is 13.8 Å². The van der Waals surface area contributed by atoms with Crippen LogP contribution in [0, 0.1) is 0 Å². The fraction of sp³-hybridized carbons (Fsp3) is 1.00. The topological polar surface area (TPSA) is 52.7 Å². The van der Waals surface area contributed by atoms with Gasteiger partial charge in [0, 0.05) is 38.3 Å². The second-order valence-corrected chi connectivity index (χ2v) is 8.46. The van der Waals surface area contributed by atoms with Crippen LogP contribution in [0.25, 0.3) is 0 Å². The summed E-state index contributed by atoms with van der Waals surface area (Å²) in [4.78, 5) is 2.43. The molecule has 2 atom stereocenters. The standard InChI is InChI=1S/C13H27N3O2S/c1-11(2)14-9-12(3)19(17,18)16-8-7-15-6-4-5-13(15)10-16/h11-14H,4-10H2,1-3H3. The Bertz CT molecular complexity index is 397. The van der Waals surface area contributed by atoms with E-state index in [9.17, 15) is 8.42 Å². The van der Waals surface area contributed by atoms with Crippen molar-refractivity contribution in [3.8, 4) is 0 Å². The monoisotopic (exact) mass is 289 g/mol. The van der Waals surface area contributed by atoms with E-state index in [1.54, 1.807) is 4.31 Å². The van der Waals surface area contributed by atoms with Crippen LogP contribution in [0.2, 0.25) is 0 Å². The van der Waals surface area contributed by atoms with Gasteiger partial charge in [-0.05, 0) is 26.3 Å². The Labute approximate surface area is 117 Å². The number of nitrogens with one attached hydrogen (secondary N) is 1. The van der Waals surface area contributed by atoms with E-state index in [1.807, 2.05) is 20.8 Å². The van der Waals surface area contributed by atoms with Crippen LogP contribution in [0.3, 0.4) is 0 Å². The van der Waals surface area contributed by atoms with Gasteiger partial charge in [-0.15, -0.1) is 0 Å². The summed E-state index contributed by atoms with van der Waals surface area (Å²) in [5, 5.41) is 2.88. The van der Waals surface area contributed by atoms with E-state index < -0.39 is 10.0 Å². The van der Waals surface area contributed by atoms with Gasteiger partial charge < -0.3 is 5.32 Å². The van der Waals surface area contributed by atoms with E-state index in [1.165, 1.54) is 6.42 Å². The first kappa shape index (κ1) is 15.2. The average molecular weight is 289 g/mol. The molecule has 2 aliphatic rings. The van der Waals surface area contributed by atoms with Crippen molar-refractivity contribution < 1.29 is 8.42 Å². The number of piperazine rings is 1. The molecule has 0 spiro atoms. The highest BCUT2D eigenvalue weighted by Crippen LogP contribution is 2.24. The number of hydrogen-bond donors (Lipinski definition) is 1. The summed E-state index contributed by atoms with van der Waals surface area (Å²) in [5.74, 6) is 0. The van der Waals surface area contributed by atoms with Gasteiger partial charge in [0.2, 0.25) is 10.0 Å². The predicted molar refractivity (Wildman–Crippen MR) is 77.7 cm³/mol. The van der Waals surface area contributed by atoms with Crippen molar-refractivity contribution in [1.82, 2.24) is 14.5 Å². The van der Waals surface area contributed by atoms with E-state index in [0.717, 1.165) is 19.5 Å². The first-order valence-electron chi connectivity index (χ1n) is 7.37. The van der Waals surface area contributed by atoms with E-state index in [0.29, 0.717) is 31.7 Å². The van der Waals surface area contributed by atoms with E-state index in [4.69, 9.17) is 0 Å². The first-order chi connectivity index (χ1) is 8.91. The van der Waals surface area contributed by atoms with Crippen LogP contribution >= 0.6 is 0 Å².